The fourth-order valence-electron chi connectivity index (χ4n) is 1.94. The minimum atomic E-state index is -0.164. The smallest absolute Gasteiger partial charge is 0.224 e. The lowest BCUT2D eigenvalue weighted by atomic mass is 10.1. The number of hydrogen-bond acceptors (Lipinski definition) is 2. The summed E-state index contributed by atoms with van der Waals surface area (Å²) in [5.41, 5.74) is 0. The summed E-state index contributed by atoms with van der Waals surface area (Å²) < 4.78 is 0. The maximum absolute atomic E-state index is 11.6. The van der Waals surface area contributed by atoms with Crippen molar-refractivity contribution in [2.45, 2.75) is 65.2 Å². The summed E-state index contributed by atoms with van der Waals surface area (Å²) in [5, 5.41) is 5.38. The van der Waals surface area contributed by atoms with Crippen molar-refractivity contribution in [3.05, 3.63) is 0 Å². The minimum absolute atomic E-state index is 0.0313. The van der Waals surface area contributed by atoms with Crippen molar-refractivity contribution in [2.75, 3.05) is 13.6 Å². The van der Waals surface area contributed by atoms with E-state index in [9.17, 15) is 9.59 Å². The molecule has 0 rings (SSSR count). The number of nitrogens with one attached hydrogen (secondary N) is 2. The van der Waals surface area contributed by atoms with Gasteiger partial charge in [-0.1, -0.05) is 52.4 Å². The summed E-state index contributed by atoms with van der Waals surface area (Å²) in [6.07, 6.45) is 9.06. The average Bonchev–Trinajstić information content (AvgIpc) is 2.42. The van der Waals surface area contributed by atoms with Crippen LogP contribution in [0.3, 0.4) is 0 Å². The lowest BCUT2D eigenvalue weighted by Gasteiger charge is -2.11. The highest BCUT2D eigenvalue weighted by molar-refractivity contribution is 5.80. The summed E-state index contributed by atoms with van der Waals surface area (Å²) >= 11 is 0. The van der Waals surface area contributed by atoms with Crippen LogP contribution in [0.1, 0.15) is 65.2 Å². The van der Waals surface area contributed by atoms with Gasteiger partial charge < -0.3 is 10.6 Å². The molecular formula is C15H30N2O2. The second-order valence-corrected chi connectivity index (χ2v) is 5.19. The molecule has 0 heterocycles. The molecule has 0 aromatic heterocycles. The van der Waals surface area contributed by atoms with Gasteiger partial charge in [-0.2, -0.15) is 0 Å². The zero-order valence-corrected chi connectivity index (χ0v) is 12.8. The van der Waals surface area contributed by atoms with E-state index < -0.39 is 0 Å². The normalized spacial score (nSPS) is 11.9. The van der Waals surface area contributed by atoms with Crippen molar-refractivity contribution >= 4 is 11.8 Å². The van der Waals surface area contributed by atoms with E-state index in [0.717, 1.165) is 12.8 Å². The standard InChI is InChI=1S/C15H30N2O2/c1-4-5-6-7-8-9-10-11-14(18)17-12-13(2)15(19)16-3/h13H,4-12H2,1-3H3,(H,16,19)(H,17,18). The van der Waals surface area contributed by atoms with Gasteiger partial charge >= 0.3 is 0 Å². The molecule has 4 heteroatoms. The molecule has 0 aromatic rings. The Balaban J connectivity index is 3.42. The average molecular weight is 270 g/mol. The third-order valence-electron chi connectivity index (χ3n) is 3.31. The quantitative estimate of drug-likeness (QED) is 0.567. The van der Waals surface area contributed by atoms with E-state index >= 15 is 0 Å². The van der Waals surface area contributed by atoms with E-state index in [1.54, 1.807) is 7.05 Å². The van der Waals surface area contributed by atoms with Gasteiger partial charge in [0, 0.05) is 20.0 Å². The first kappa shape index (κ1) is 17.9. The zero-order chi connectivity index (χ0) is 14.5. The van der Waals surface area contributed by atoms with Crippen LogP contribution in [0.15, 0.2) is 0 Å². The van der Waals surface area contributed by atoms with Gasteiger partial charge in [0.2, 0.25) is 11.8 Å². The summed E-state index contributed by atoms with van der Waals surface area (Å²) in [6.45, 7) is 4.45. The Morgan fingerprint density at radius 2 is 1.58 bits per heavy atom. The monoisotopic (exact) mass is 270 g/mol. The van der Waals surface area contributed by atoms with Crippen molar-refractivity contribution in [1.29, 1.82) is 0 Å². The van der Waals surface area contributed by atoms with E-state index in [1.807, 2.05) is 6.92 Å². The lowest BCUT2D eigenvalue weighted by molar-refractivity contribution is -0.124. The molecule has 0 bridgehead atoms. The maximum atomic E-state index is 11.6. The Hall–Kier alpha value is -1.06. The molecule has 0 aliphatic rings. The molecule has 0 aliphatic heterocycles. The molecule has 0 spiro atoms. The largest absolute Gasteiger partial charge is 0.359 e. The second kappa shape index (κ2) is 12.0. The molecular weight excluding hydrogens is 240 g/mol. The van der Waals surface area contributed by atoms with Crippen LogP contribution in [0.4, 0.5) is 0 Å². The SMILES string of the molecule is CCCCCCCCCC(=O)NCC(C)C(=O)NC. The Morgan fingerprint density at radius 1 is 1.00 bits per heavy atom. The molecule has 1 unspecified atom stereocenters. The Kier molecular flexibility index (Phi) is 11.3. The lowest BCUT2D eigenvalue weighted by Crippen LogP contribution is -2.35. The molecule has 4 nitrogen and oxygen atoms in total. The molecule has 0 aliphatic carbocycles. The first-order valence-electron chi connectivity index (χ1n) is 7.60. The van der Waals surface area contributed by atoms with E-state index in [0.29, 0.717) is 13.0 Å². The molecule has 0 fully saturated rings. The van der Waals surface area contributed by atoms with Gasteiger partial charge in [0.1, 0.15) is 0 Å². The zero-order valence-electron chi connectivity index (χ0n) is 12.8. The third kappa shape index (κ3) is 10.5. The Morgan fingerprint density at radius 3 is 2.16 bits per heavy atom. The van der Waals surface area contributed by atoms with Crippen molar-refractivity contribution in [3.8, 4) is 0 Å². The van der Waals surface area contributed by atoms with Gasteiger partial charge in [-0.3, -0.25) is 9.59 Å². The second-order valence-electron chi connectivity index (χ2n) is 5.19. The highest BCUT2D eigenvalue weighted by Crippen LogP contribution is 2.08. The minimum Gasteiger partial charge on any atom is -0.359 e. The number of hydrogen-bond donors (Lipinski definition) is 2. The van der Waals surface area contributed by atoms with Gasteiger partial charge in [-0.15, -0.1) is 0 Å². The van der Waals surface area contributed by atoms with Gasteiger partial charge in [0.05, 0.1) is 5.92 Å². The van der Waals surface area contributed by atoms with E-state index in [4.69, 9.17) is 0 Å². The van der Waals surface area contributed by atoms with Gasteiger partial charge in [0.15, 0.2) is 0 Å². The predicted molar refractivity (Wildman–Crippen MR) is 78.9 cm³/mol. The highest BCUT2D eigenvalue weighted by Gasteiger charge is 2.11. The van der Waals surface area contributed by atoms with E-state index in [2.05, 4.69) is 17.6 Å². The summed E-state index contributed by atoms with van der Waals surface area (Å²) in [5.74, 6) is -0.136. The van der Waals surface area contributed by atoms with Crippen molar-refractivity contribution < 1.29 is 9.59 Å². The molecule has 19 heavy (non-hydrogen) atoms. The van der Waals surface area contributed by atoms with Crippen LogP contribution in [0.25, 0.3) is 0 Å². The number of rotatable bonds is 11. The highest BCUT2D eigenvalue weighted by atomic mass is 16.2. The summed E-state index contributed by atoms with van der Waals surface area (Å²) in [7, 11) is 1.61. The molecule has 0 saturated carbocycles. The molecule has 0 radical (unpaired) electrons. The van der Waals surface area contributed by atoms with Gasteiger partial charge in [-0.05, 0) is 6.42 Å². The maximum Gasteiger partial charge on any atom is 0.224 e. The summed E-state index contributed by atoms with van der Waals surface area (Å²) in [4.78, 5) is 22.8. The molecule has 1 atom stereocenters. The molecule has 0 saturated heterocycles. The van der Waals surface area contributed by atoms with Crippen LogP contribution in [0.2, 0.25) is 0 Å². The van der Waals surface area contributed by atoms with Crippen LogP contribution in [-0.2, 0) is 9.59 Å². The molecule has 2 N–H and O–H groups in total. The molecule has 0 aromatic carbocycles. The third-order valence-corrected chi connectivity index (χ3v) is 3.31. The van der Waals surface area contributed by atoms with Crippen molar-refractivity contribution in [2.24, 2.45) is 5.92 Å². The Bertz CT molecular complexity index is 255. The van der Waals surface area contributed by atoms with Crippen LogP contribution in [0.5, 0.6) is 0 Å². The van der Waals surface area contributed by atoms with E-state index in [-0.39, 0.29) is 17.7 Å². The van der Waals surface area contributed by atoms with Crippen LogP contribution >= 0.6 is 0 Å². The molecule has 2 amide bonds. The van der Waals surface area contributed by atoms with Crippen molar-refractivity contribution in [1.82, 2.24) is 10.6 Å². The van der Waals surface area contributed by atoms with Gasteiger partial charge in [-0.25, -0.2) is 0 Å². The predicted octanol–water partition coefficient (Wildman–Crippen LogP) is 2.63. The number of carbonyl (C=O) groups is 2. The fraction of sp³-hybridized carbons (Fsp3) is 0.867. The van der Waals surface area contributed by atoms with Gasteiger partial charge in [0.25, 0.3) is 0 Å². The van der Waals surface area contributed by atoms with Crippen LogP contribution < -0.4 is 10.6 Å². The number of unbranched alkanes of at least 4 members (excludes halogenated alkanes) is 6. The molecule has 112 valence electrons. The first-order chi connectivity index (χ1) is 9.11. The topological polar surface area (TPSA) is 58.2 Å². The number of carbonyl (C=O) groups excluding carboxylic acids is 2. The first-order valence-corrected chi connectivity index (χ1v) is 7.60. The Labute approximate surface area is 117 Å². The van der Waals surface area contributed by atoms with Crippen LogP contribution in [-0.4, -0.2) is 25.4 Å². The van der Waals surface area contributed by atoms with Crippen LogP contribution in [0, 0.1) is 5.92 Å². The fourth-order valence-corrected chi connectivity index (χ4v) is 1.94. The van der Waals surface area contributed by atoms with Crippen molar-refractivity contribution in [3.63, 3.8) is 0 Å². The summed E-state index contributed by atoms with van der Waals surface area (Å²) in [6, 6.07) is 0. The number of amides is 2. The van der Waals surface area contributed by atoms with E-state index in [1.165, 1.54) is 32.1 Å².